The molecule has 3 nitrogen and oxygen atoms in total. The number of amides is 1. The van der Waals surface area contributed by atoms with E-state index in [9.17, 15) is 13.6 Å². The normalized spacial score (nSPS) is 10.8. The minimum Gasteiger partial charge on any atom is -0.381 e. The van der Waals surface area contributed by atoms with Crippen molar-refractivity contribution in [1.82, 2.24) is 0 Å². The fourth-order valence-electron chi connectivity index (χ4n) is 2.86. The molecule has 3 aromatic rings. The van der Waals surface area contributed by atoms with Crippen molar-refractivity contribution < 1.29 is 13.6 Å². The van der Waals surface area contributed by atoms with Crippen molar-refractivity contribution in [3.8, 4) is 11.1 Å². The molecule has 0 radical (unpaired) electrons. The van der Waals surface area contributed by atoms with Crippen molar-refractivity contribution >= 4 is 40.6 Å². The van der Waals surface area contributed by atoms with Gasteiger partial charge in [-0.3, -0.25) is 4.79 Å². The van der Waals surface area contributed by atoms with E-state index in [0.717, 1.165) is 16.8 Å². The maximum Gasteiger partial charge on any atom is 0.288 e. The zero-order valence-electron chi connectivity index (χ0n) is 15.6. The molecule has 29 heavy (non-hydrogen) atoms. The summed E-state index contributed by atoms with van der Waals surface area (Å²) in [6.45, 7) is 2.03. The van der Waals surface area contributed by atoms with Gasteiger partial charge in [-0.15, -0.1) is 0 Å². The maximum absolute atomic E-state index is 12.7. The predicted octanol–water partition coefficient (Wildman–Crippen LogP) is 6.89. The van der Waals surface area contributed by atoms with Crippen molar-refractivity contribution in [3.05, 3.63) is 77.3 Å². The number of benzene rings is 3. The molecule has 0 unspecified atom stereocenters. The van der Waals surface area contributed by atoms with Gasteiger partial charge < -0.3 is 10.6 Å². The summed E-state index contributed by atoms with van der Waals surface area (Å²) in [6.07, 6.45) is 0. The molecule has 7 heteroatoms. The SMILES string of the molecule is CC(=O)Nc1ccc(SC(F)F)cc1-c1ccc(NCc2cccc(Cl)c2)cc1. The van der Waals surface area contributed by atoms with Gasteiger partial charge in [-0.05, 0) is 53.6 Å². The third kappa shape index (κ3) is 6.21. The summed E-state index contributed by atoms with van der Waals surface area (Å²) < 4.78 is 25.5. The Balaban J connectivity index is 1.80. The molecule has 0 aromatic heterocycles. The first-order valence-electron chi connectivity index (χ1n) is 8.86. The molecule has 0 saturated carbocycles. The average molecular weight is 433 g/mol. The predicted molar refractivity (Wildman–Crippen MR) is 117 cm³/mol. The van der Waals surface area contributed by atoms with Crippen LogP contribution in [0.3, 0.4) is 0 Å². The molecule has 0 aliphatic carbocycles. The Bertz CT molecular complexity index is 996. The molecule has 3 aromatic carbocycles. The molecule has 0 fully saturated rings. The van der Waals surface area contributed by atoms with Crippen LogP contribution in [-0.4, -0.2) is 11.7 Å². The number of anilines is 2. The summed E-state index contributed by atoms with van der Waals surface area (Å²) in [7, 11) is 0. The Kier molecular flexibility index (Phi) is 7.12. The molecule has 0 saturated heterocycles. The number of thioether (sulfide) groups is 1. The molecule has 0 atom stereocenters. The largest absolute Gasteiger partial charge is 0.381 e. The number of hydrogen-bond donors (Lipinski definition) is 2. The van der Waals surface area contributed by atoms with Gasteiger partial charge in [0.1, 0.15) is 0 Å². The second-order valence-corrected chi connectivity index (χ2v) is 7.83. The highest BCUT2D eigenvalue weighted by Crippen LogP contribution is 2.35. The lowest BCUT2D eigenvalue weighted by Gasteiger charge is -2.13. The van der Waals surface area contributed by atoms with E-state index in [0.29, 0.717) is 39.5 Å². The second-order valence-electron chi connectivity index (χ2n) is 6.33. The Labute approximate surface area is 177 Å². The van der Waals surface area contributed by atoms with E-state index >= 15 is 0 Å². The number of rotatable bonds is 7. The Morgan fingerprint density at radius 1 is 1.07 bits per heavy atom. The highest BCUT2D eigenvalue weighted by molar-refractivity contribution is 7.99. The van der Waals surface area contributed by atoms with Gasteiger partial charge >= 0.3 is 0 Å². The van der Waals surface area contributed by atoms with E-state index in [2.05, 4.69) is 10.6 Å². The highest BCUT2D eigenvalue weighted by Gasteiger charge is 2.11. The van der Waals surface area contributed by atoms with Crippen LogP contribution in [0.15, 0.2) is 71.6 Å². The number of carbonyl (C=O) groups excluding carboxylic acids is 1. The third-order valence-electron chi connectivity index (χ3n) is 4.11. The van der Waals surface area contributed by atoms with Crippen LogP contribution in [0.4, 0.5) is 20.2 Å². The van der Waals surface area contributed by atoms with Crippen LogP contribution < -0.4 is 10.6 Å². The molecule has 0 bridgehead atoms. The zero-order valence-corrected chi connectivity index (χ0v) is 17.2. The van der Waals surface area contributed by atoms with Gasteiger partial charge in [0.15, 0.2) is 0 Å². The van der Waals surface area contributed by atoms with E-state index in [1.807, 2.05) is 48.5 Å². The standard InChI is InChI=1S/C22H19ClF2N2OS/c1-14(28)27-21-10-9-19(29-22(24)25)12-20(21)16-5-7-18(8-6-16)26-13-15-3-2-4-17(23)11-15/h2-12,22,26H,13H2,1H3,(H,27,28). The molecular weight excluding hydrogens is 414 g/mol. The fourth-order valence-corrected chi connectivity index (χ4v) is 3.61. The van der Waals surface area contributed by atoms with Gasteiger partial charge in [-0.1, -0.05) is 47.6 Å². The summed E-state index contributed by atoms with van der Waals surface area (Å²) in [4.78, 5) is 11.9. The minimum atomic E-state index is -2.51. The van der Waals surface area contributed by atoms with Gasteiger partial charge in [0.05, 0.1) is 0 Å². The molecule has 0 aliphatic rings. The lowest BCUT2D eigenvalue weighted by Crippen LogP contribution is -2.07. The summed E-state index contributed by atoms with van der Waals surface area (Å²) in [5, 5.41) is 6.76. The smallest absolute Gasteiger partial charge is 0.288 e. The lowest BCUT2D eigenvalue weighted by atomic mass is 10.0. The van der Waals surface area contributed by atoms with Crippen LogP contribution in [0.1, 0.15) is 12.5 Å². The van der Waals surface area contributed by atoms with E-state index in [-0.39, 0.29) is 5.91 Å². The summed E-state index contributed by atoms with van der Waals surface area (Å²) in [6, 6.07) is 20.1. The third-order valence-corrected chi connectivity index (χ3v) is 5.05. The minimum absolute atomic E-state index is 0.222. The average Bonchev–Trinajstić information content (AvgIpc) is 2.67. The molecule has 0 aliphatic heterocycles. The van der Waals surface area contributed by atoms with E-state index in [1.54, 1.807) is 18.2 Å². The fraction of sp³-hybridized carbons (Fsp3) is 0.136. The van der Waals surface area contributed by atoms with Crippen LogP contribution in [-0.2, 0) is 11.3 Å². The molecule has 1 amide bonds. The molecular formula is C22H19ClF2N2OS. The lowest BCUT2D eigenvalue weighted by molar-refractivity contribution is -0.114. The van der Waals surface area contributed by atoms with Crippen molar-refractivity contribution in [2.24, 2.45) is 0 Å². The summed E-state index contributed by atoms with van der Waals surface area (Å²) >= 11 is 6.48. The van der Waals surface area contributed by atoms with Gasteiger partial charge in [-0.2, -0.15) is 8.78 Å². The molecule has 3 rings (SSSR count). The first-order valence-corrected chi connectivity index (χ1v) is 10.1. The summed E-state index contributed by atoms with van der Waals surface area (Å²) in [5.41, 5.74) is 4.06. The number of hydrogen-bond acceptors (Lipinski definition) is 3. The van der Waals surface area contributed by atoms with Gasteiger partial charge in [-0.25, -0.2) is 0 Å². The molecule has 2 N–H and O–H groups in total. The van der Waals surface area contributed by atoms with Gasteiger partial charge in [0, 0.05) is 40.3 Å². The molecule has 0 heterocycles. The first kappa shape index (κ1) is 21.1. The van der Waals surface area contributed by atoms with E-state index in [4.69, 9.17) is 11.6 Å². The zero-order chi connectivity index (χ0) is 20.8. The Morgan fingerprint density at radius 2 is 1.83 bits per heavy atom. The topological polar surface area (TPSA) is 41.1 Å². The monoisotopic (exact) mass is 432 g/mol. The quantitative estimate of drug-likeness (QED) is 0.399. The van der Waals surface area contributed by atoms with E-state index < -0.39 is 5.76 Å². The number of alkyl halides is 2. The number of carbonyl (C=O) groups is 1. The molecule has 150 valence electrons. The van der Waals surface area contributed by atoms with Crippen LogP contribution in [0.2, 0.25) is 5.02 Å². The van der Waals surface area contributed by atoms with Gasteiger partial charge in [0.25, 0.3) is 5.76 Å². The van der Waals surface area contributed by atoms with Crippen LogP contribution in [0, 0.1) is 0 Å². The van der Waals surface area contributed by atoms with Crippen molar-refractivity contribution in [2.45, 2.75) is 24.1 Å². The van der Waals surface area contributed by atoms with Crippen LogP contribution >= 0.6 is 23.4 Å². The summed E-state index contributed by atoms with van der Waals surface area (Å²) in [5.74, 6) is -2.73. The second kappa shape index (κ2) is 9.76. The first-order chi connectivity index (χ1) is 13.9. The van der Waals surface area contributed by atoms with Gasteiger partial charge in [0.2, 0.25) is 5.91 Å². The Hall–Kier alpha value is -2.57. The number of nitrogens with one attached hydrogen (secondary N) is 2. The van der Waals surface area contributed by atoms with Crippen LogP contribution in [0.25, 0.3) is 11.1 Å². The van der Waals surface area contributed by atoms with Crippen LogP contribution in [0.5, 0.6) is 0 Å². The maximum atomic E-state index is 12.7. The van der Waals surface area contributed by atoms with Crippen molar-refractivity contribution in [3.63, 3.8) is 0 Å². The number of halogens is 3. The van der Waals surface area contributed by atoms with Crippen molar-refractivity contribution in [1.29, 1.82) is 0 Å². The van der Waals surface area contributed by atoms with E-state index in [1.165, 1.54) is 6.92 Å². The molecule has 0 spiro atoms. The highest BCUT2D eigenvalue weighted by atomic mass is 35.5. The Morgan fingerprint density at radius 3 is 2.48 bits per heavy atom. The van der Waals surface area contributed by atoms with Crippen molar-refractivity contribution in [2.75, 3.05) is 10.6 Å².